The molecule has 5 nitrogen and oxygen atoms in total. The number of aromatic amines is 1. The van der Waals surface area contributed by atoms with E-state index in [1.807, 2.05) is 0 Å². The van der Waals surface area contributed by atoms with Gasteiger partial charge in [-0.1, -0.05) is 268 Å². The maximum Gasteiger partial charge on any atom is 0.252 e. The molecule has 19 aromatic rings. The van der Waals surface area contributed by atoms with Crippen molar-refractivity contribution >= 4 is 132 Å². The number of fused-ring (bicyclic) bond motifs is 20. The molecule has 2 aliphatic rings. The quantitative estimate of drug-likeness (QED) is 0.161. The highest BCUT2D eigenvalue weighted by atomic mass is 15.1. The molecule has 14 aromatic carbocycles. The van der Waals surface area contributed by atoms with Crippen molar-refractivity contribution in [2.75, 3.05) is 0 Å². The minimum Gasteiger partial charge on any atom is -0.354 e. The first-order valence-corrected chi connectivity index (χ1v) is 39.2. The number of benzene rings is 14. The van der Waals surface area contributed by atoms with Crippen LogP contribution in [0.4, 0.5) is 0 Å². The Bertz CT molecular complexity index is 7370. The molecule has 6 heteroatoms. The van der Waals surface area contributed by atoms with Gasteiger partial charge < -0.3 is 23.3 Å². The van der Waals surface area contributed by atoms with Crippen LogP contribution in [0.15, 0.2) is 267 Å². The summed E-state index contributed by atoms with van der Waals surface area (Å²) in [5.74, 6) is 0. The van der Waals surface area contributed by atoms with Crippen molar-refractivity contribution < 1.29 is 6.85 Å². The largest absolute Gasteiger partial charge is 0.354 e. The van der Waals surface area contributed by atoms with E-state index < -0.39 is 12.8 Å². The summed E-state index contributed by atoms with van der Waals surface area (Å²) < 4.78 is 57.7. The van der Waals surface area contributed by atoms with E-state index in [4.69, 9.17) is 1.37 Å². The molecule has 2 aliphatic heterocycles. The molecular weight excluding hydrogens is 1330 g/mol. The van der Waals surface area contributed by atoms with E-state index in [2.05, 4.69) is 364 Å². The van der Waals surface area contributed by atoms with Gasteiger partial charge in [0.05, 0.1) is 56.7 Å². The van der Waals surface area contributed by atoms with Gasteiger partial charge in [-0.3, -0.25) is 0 Å². The van der Waals surface area contributed by atoms with Crippen molar-refractivity contribution in [1.29, 1.82) is 0 Å². The third kappa shape index (κ3) is 9.66. The van der Waals surface area contributed by atoms with Crippen molar-refractivity contribution in [1.82, 2.24) is 23.3 Å². The van der Waals surface area contributed by atoms with Gasteiger partial charge in [-0.15, -0.1) is 0 Å². The maximum absolute atomic E-state index is 9.93. The molecule has 1 N–H and O–H groups in total. The van der Waals surface area contributed by atoms with Gasteiger partial charge in [0.25, 0.3) is 6.71 Å². The third-order valence-electron chi connectivity index (χ3n) is 24.7. The summed E-state index contributed by atoms with van der Waals surface area (Å²) in [6.07, 6.45) is 0. The van der Waals surface area contributed by atoms with Crippen LogP contribution in [0.25, 0.3) is 176 Å². The summed E-state index contributed by atoms with van der Waals surface area (Å²) in [4.78, 5) is 4.26. The van der Waals surface area contributed by atoms with Gasteiger partial charge in [0.15, 0.2) is 0 Å². The Labute approximate surface area is 651 Å². The van der Waals surface area contributed by atoms with E-state index in [9.17, 15) is 5.48 Å². The van der Waals surface area contributed by atoms with Crippen LogP contribution in [-0.2, 0) is 27.1 Å². The molecule has 21 rings (SSSR count). The molecule has 534 valence electrons. The summed E-state index contributed by atoms with van der Waals surface area (Å²) in [5, 5.41) is 11.1. The number of hydrogen-bond acceptors (Lipinski definition) is 0. The van der Waals surface area contributed by atoms with Gasteiger partial charge in [-0.2, -0.15) is 0 Å². The molecule has 0 bridgehead atoms. The second-order valence-corrected chi connectivity index (χ2v) is 36.7. The van der Waals surface area contributed by atoms with Crippen LogP contribution in [0.1, 0.15) is 139 Å². The Morgan fingerprint density at radius 1 is 0.300 bits per heavy atom. The first-order valence-electron chi connectivity index (χ1n) is 41.7. The van der Waals surface area contributed by atoms with Crippen LogP contribution >= 0.6 is 0 Å². The van der Waals surface area contributed by atoms with Gasteiger partial charge in [0.2, 0.25) is 0 Å². The summed E-state index contributed by atoms with van der Waals surface area (Å²) in [5.41, 5.74) is 31.2. The molecule has 0 amide bonds. The molecule has 0 saturated heterocycles. The number of nitrogens with one attached hydrogen (secondary N) is 1. The number of nitrogens with zero attached hydrogens (tertiary/aromatic N) is 4. The Balaban J connectivity index is 0.940. The van der Waals surface area contributed by atoms with Crippen LogP contribution in [0.3, 0.4) is 0 Å². The number of para-hydroxylation sites is 1. The van der Waals surface area contributed by atoms with Gasteiger partial charge >= 0.3 is 0 Å². The van der Waals surface area contributed by atoms with Crippen LogP contribution in [-0.4, -0.2) is 30.0 Å². The molecular formula is C104H90BN5. The van der Waals surface area contributed by atoms with Crippen LogP contribution < -0.4 is 16.4 Å². The predicted octanol–water partition coefficient (Wildman–Crippen LogP) is 26.0. The number of hydrogen-bond donors (Lipinski definition) is 1. The Morgan fingerprint density at radius 3 is 1.25 bits per heavy atom. The Hall–Kier alpha value is -11.9. The fourth-order valence-electron chi connectivity index (χ4n) is 19.0. The smallest absolute Gasteiger partial charge is 0.252 e. The Kier molecular flexibility index (Phi) is 12.7. The topological polar surface area (TPSA) is 35.5 Å². The average molecular weight is 1430 g/mol. The molecule has 0 fully saturated rings. The van der Waals surface area contributed by atoms with E-state index >= 15 is 0 Å². The molecule has 0 atom stereocenters. The molecule has 7 heterocycles. The highest BCUT2D eigenvalue weighted by Gasteiger charge is 2.44. The third-order valence-corrected chi connectivity index (χ3v) is 24.7. The van der Waals surface area contributed by atoms with Crippen molar-refractivity contribution in [2.45, 2.75) is 131 Å². The lowest BCUT2D eigenvalue weighted by molar-refractivity contribution is 0.590. The minimum atomic E-state index is -0.498. The van der Waals surface area contributed by atoms with Crippen molar-refractivity contribution in [3.05, 3.63) is 295 Å². The highest BCUT2D eigenvalue weighted by Crippen LogP contribution is 2.50. The van der Waals surface area contributed by atoms with Gasteiger partial charge in [0, 0.05) is 87.5 Å². The molecule has 0 aliphatic carbocycles. The zero-order valence-electron chi connectivity index (χ0n) is 70.4. The fourth-order valence-corrected chi connectivity index (χ4v) is 19.0. The maximum atomic E-state index is 9.93. The summed E-state index contributed by atoms with van der Waals surface area (Å²) >= 11 is 0. The molecule has 5 aromatic heterocycles. The lowest BCUT2D eigenvalue weighted by Gasteiger charge is -2.34. The first kappa shape index (κ1) is 61.1. The highest BCUT2D eigenvalue weighted by molar-refractivity contribution is 7.00. The summed E-state index contributed by atoms with van der Waals surface area (Å²) in [7, 11) is 0. The van der Waals surface area contributed by atoms with Crippen molar-refractivity contribution in [3.8, 4) is 67.3 Å². The van der Waals surface area contributed by atoms with E-state index in [-0.39, 0.29) is 56.8 Å². The minimum absolute atomic E-state index is 0.101. The SMILES string of the molecule is [2H]c1c([2H])c([2H])c(-c2cc3c4c(c2)c2cc(-n5c6ccc(C(C)(C)C)cc6c6cc(C(C)(C)C)ccc65)ccc2n4-c2c4c(cc5[nH]c6c(-c7ccccc7-c7ccccc7-c7ccccc7)cccc6c25)-n2c5ccc(C(C)(C)C)cc5c5cc(-n6c7ccc(C(C)(C)C)cc7c7cc(C(C)(C)C)ccc76)cc(c52)B43)c([2H])c1[2H]. The predicted molar refractivity (Wildman–Crippen MR) is 473 cm³/mol. The van der Waals surface area contributed by atoms with Crippen LogP contribution in [0, 0.1) is 0 Å². The molecule has 0 unspecified atom stereocenters. The number of H-pyrrole nitrogens is 1. The van der Waals surface area contributed by atoms with Gasteiger partial charge in [-0.05, 0) is 213 Å². The van der Waals surface area contributed by atoms with Crippen molar-refractivity contribution in [3.63, 3.8) is 0 Å². The number of rotatable bonds is 6. The lowest BCUT2D eigenvalue weighted by Crippen LogP contribution is -2.59. The monoisotopic (exact) mass is 1420 g/mol. The standard InChI is InChI=1S/C104H90BN5/c1-100(2,3)63-37-43-87-76(51-63)77-52-64(101(4,5)6)38-44-88(77)107(87)68-42-48-92-81(56-68)82-49-62(60-27-18-16-19-28-60)50-84-98(82)110(92)99-94-75-36-26-35-74(73-34-25-24-33-72(73)71-32-23-22-31-70(71)61-29-20-17-21-30-61)96(75)106-86(94)59-93-95(99)105(84)85-58-69(57-83-80-55-67(104(13,14)15)41-47-91(80)109(93)97(83)85)108-89-45-39-65(102(7,8)9)53-78(89)79-54-66(103(10,11)12)40-46-90(79)108/h16-59,106H,1-15H3/i16D,18D,19D,27D,28D. The molecule has 0 radical (unpaired) electrons. The zero-order chi connectivity index (χ0) is 79.7. The van der Waals surface area contributed by atoms with E-state index in [1.165, 1.54) is 49.4 Å². The van der Waals surface area contributed by atoms with Crippen molar-refractivity contribution in [2.24, 2.45) is 0 Å². The fraction of sp³-hybridized carbons (Fsp3) is 0.192. The van der Waals surface area contributed by atoms with Crippen LogP contribution in [0.2, 0.25) is 0 Å². The Morgan fingerprint density at radius 2 is 0.709 bits per heavy atom. The molecule has 0 saturated carbocycles. The summed E-state index contributed by atoms with van der Waals surface area (Å²) in [6.45, 7) is 34.0. The number of aromatic nitrogens is 5. The zero-order valence-corrected chi connectivity index (χ0v) is 65.4. The van der Waals surface area contributed by atoms with Gasteiger partial charge in [-0.25, -0.2) is 0 Å². The summed E-state index contributed by atoms with van der Waals surface area (Å²) in [6, 6.07) is 87.8. The average Bonchev–Trinajstić information content (AvgIpc) is 1.52. The van der Waals surface area contributed by atoms with E-state index in [1.54, 1.807) is 0 Å². The lowest BCUT2D eigenvalue weighted by atomic mass is 9.34. The normalized spacial score (nSPS) is 14.0. The van der Waals surface area contributed by atoms with Crippen LogP contribution in [0.5, 0.6) is 0 Å². The molecule has 0 spiro atoms. The second-order valence-electron chi connectivity index (χ2n) is 36.7. The van der Waals surface area contributed by atoms with E-state index in [0.29, 0.717) is 5.56 Å². The molecule has 110 heavy (non-hydrogen) atoms. The van der Waals surface area contributed by atoms with E-state index in [0.717, 1.165) is 160 Å². The first-order chi connectivity index (χ1) is 54.8. The van der Waals surface area contributed by atoms with Gasteiger partial charge in [0.1, 0.15) is 0 Å². The second kappa shape index (κ2) is 22.9.